The molecule has 2 N–H and O–H groups in total. The highest BCUT2D eigenvalue weighted by Gasteiger charge is 2.35. The third-order valence-corrected chi connectivity index (χ3v) is 6.21. The Balaban J connectivity index is 1.27. The second-order valence-electron chi connectivity index (χ2n) is 7.94. The average molecular weight is 418 g/mol. The number of aromatic nitrogens is 3. The lowest BCUT2D eigenvalue weighted by Gasteiger charge is -2.28. The van der Waals surface area contributed by atoms with Crippen LogP contribution in [-0.2, 0) is 22.5 Å². The topological polar surface area (TPSA) is 106 Å². The van der Waals surface area contributed by atoms with E-state index in [-0.39, 0.29) is 18.4 Å². The number of nitrogens with one attached hydrogen (secondary N) is 1. The molecule has 1 aliphatic heterocycles. The van der Waals surface area contributed by atoms with Crippen LogP contribution < -0.4 is 5.32 Å². The number of benzene rings is 2. The van der Waals surface area contributed by atoms with Crippen LogP contribution in [0.2, 0.25) is 0 Å². The van der Waals surface area contributed by atoms with Crippen LogP contribution in [0.5, 0.6) is 0 Å². The number of carbonyl (C=O) groups is 2. The summed E-state index contributed by atoms with van der Waals surface area (Å²) in [5, 5.41) is 16.4. The van der Waals surface area contributed by atoms with Gasteiger partial charge in [-0.15, -0.1) is 0 Å². The minimum absolute atomic E-state index is 0.0744. The molecule has 2 aromatic carbocycles. The van der Waals surface area contributed by atoms with E-state index in [1.807, 2.05) is 36.4 Å². The molecule has 0 saturated carbocycles. The van der Waals surface area contributed by atoms with Gasteiger partial charge in [0.25, 0.3) is 0 Å². The van der Waals surface area contributed by atoms with Crippen molar-refractivity contribution in [3.8, 4) is 11.1 Å². The molecular formula is C23H22N4O4. The largest absolute Gasteiger partial charge is 0.480 e. The molecule has 0 spiro atoms. The Bertz CT molecular complexity index is 1100. The van der Waals surface area contributed by atoms with Crippen LogP contribution in [0.1, 0.15) is 29.3 Å². The number of carboxylic acids is 1. The fourth-order valence-electron chi connectivity index (χ4n) is 4.69. The van der Waals surface area contributed by atoms with Gasteiger partial charge in [-0.1, -0.05) is 48.5 Å². The number of amides is 1. The maximum Gasteiger partial charge on any atom is 0.407 e. The zero-order valence-corrected chi connectivity index (χ0v) is 16.8. The Kier molecular flexibility index (Phi) is 4.89. The number of hydrogen-bond acceptors (Lipinski definition) is 5. The van der Waals surface area contributed by atoms with Crippen molar-refractivity contribution in [2.45, 2.75) is 31.3 Å². The summed E-state index contributed by atoms with van der Waals surface area (Å²) in [6.07, 6.45) is 1.78. The van der Waals surface area contributed by atoms with Crippen molar-refractivity contribution in [2.75, 3.05) is 6.61 Å². The number of ether oxygens (including phenoxy) is 1. The van der Waals surface area contributed by atoms with Crippen molar-refractivity contribution in [3.63, 3.8) is 0 Å². The summed E-state index contributed by atoms with van der Waals surface area (Å²) < 4.78 is 7.29. The molecule has 5 rings (SSSR count). The Morgan fingerprint density at radius 1 is 1.13 bits per heavy atom. The van der Waals surface area contributed by atoms with Crippen molar-refractivity contribution in [2.24, 2.45) is 5.92 Å². The van der Waals surface area contributed by atoms with Crippen LogP contribution in [0, 0.1) is 5.92 Å². The van der Waals surface area contributed by atoms with Gasteiger partial charge in [-0.25, -0.2) is 14.6 Å². The minimum atomic E-state index is -1.08. The first-order valence-electron chi connectivity index (χ1n) is 10.3. The van der Waals surface area contributed by atoms with E-state index in [0.29, 0.717) is 19.4 Å². The maximum absolute atomic E-state index is 12.5. The molecule has 3 aromatic rings. The van der Waals surface area contributed by atoms with Gasteiger partial charge in [-0.05, 0) is 34.6 Å². The van der Waals surface area contributed by atoms with Gasteiger partial charge in [0.1, 0.15) is 24.8 Å². The van der Waals surface area contributed by atoms with Gasteiger partial charge in [0.15, 0.2) is 0 Å². The van der Waals surface area contributed by atoms with Gasteiger partial charge in [0, 0.05) is 18.9 Å². The number of nitrogens with zero attached hydrogens (tertiary/aromatic N) is 3. The van der Waals surface area contributed by atoms with E-state index in [4.69, 9.17) is 4.74 Å². The molecule has 8 nitrogen and oxygen atoms in total. The second-order valence-corrected chi connectivity index (χ2v) is 7.94. The van der Waals surface area contributed by atoms with Gasteiger partial charge in [0.2, 0.25) is 0 Å². The van der Waals surface area contributed by atoms with Crippen LogP contribution in [0.25, 0.3) is 11.1 Å². The number of aliphatic carboxylic acids is 1. The molecule has 1 amide bonds. The molecule has 1 aromatic heterocycles. The van der Waals surface area contributed by atoms with Crippen LogP contribution >= 0.6 is 0 Å². The molecule has 158 valence electrons. The Morgan fingerprint density at radius 2 is 1.81 bits per heavy atom. The summed E-state index contributed by atoms with van der Waals surface area (Å²) >= 11 is 0. The maximum atomic E-state index is 12.5. The average Bonchev–Trinajstić information content (AvgIpc) is 3.38. The fraction of sp³-hybridized carbons (Fsp3) is 0.304. The first kappa shape index (κ1) is 19.3. The molecule has 0 saturated heterocycles. The Morgan fingerprint density at radius 3 is 2.48 bits per heavy atom. The standard InChI is InChI=1S/C23H22N4O4/c28-22(29)21(14-9-10-27-20(11-14)24-13-25-27)26-23(30)31-12-19-17-7-3-1-5-15(17)16-6-2-4-8-18(16)19/h1-8,13-14,19,21H,9-12H2,(H,26,30)(H,28,29). The summed E-state index contributed by atoms with van der Waals surface area (Å²) in [7, 11) is 0. The second kappa shape index (κ2) is 7.86. The molecule has 0 bridgehead atoms. The zero-order valence-electron chi connectivity index (χ0n) is 16.8. The predicted molar refractivity (Wildman–Crippen MR) is 111 cm³/mol. The van der Waals surface area contributed by atoms with Crippen molar-refractivity contribution < 1.29 is 19.4 Å². The van der Waals surface area contributed by atoms with E-state index in [1.54, 1.807) is 4.68 Å². The van der Waals surface area contributed by atoms with E-state index >= 15 is 0 Å². The van der Waals surface area contributed by atoms with Gasteiger partial charge in [-0.3, -0.25) is 4.68 Å². The SMILES string of the molecule is O=C(NC(C(=O)O)C1CCn2ncnc2C1)OCC1c2ccccc2-c2ccccc21. The molecule has 0 radical (unpaired) electrons. The van der Waals surface area contributed by atoms with E-state index in [1.165, 1.54) is 6.33 Å². The third kappa shape index (κ3) is 3.54. The lowest BCUT2D eigenvalue weighted by atomic mass is 9.90. The number of aryl methyl sites for hydroxylation is 1. The van der Waals surface area contributed by atoms with Crippen LogP contribution in [0.15, 0.2) is 54.9 Å². The Hall–Kier alpha value is -3.68. The molecule has 0 fully saturated rings. The summed E-state index contributed by atoms with van der Waals surface area (Å²) in [6, 6.07) is 15.1. The van der Waals surface area contributed by atoms with Gasteiger partial charge in [0.05, 0.1) is 0 Å². The lowest BCUT2D eigenvalue weighted by molar-refractivity contribution is -0.141. The lowest BCUT2D eigenvalue weighted by Crippen LogP contribution is -2.48. The first-order chi connectivity index (χ1) is 15.1. The number of carbonyl (C=O) groups excluding carboxylic acids is 1. The smallest absolute Gasteiger partial charge is 0.407 e. The van der Waals surface area contributed by atoms with Gasteiger partial charge in [-0.2, -0.15) is 5.10 Å². The van der Waals surface area contributed by atoms with Gasteiger partial charge < -0.3 is 15.2 Å². The monoisotopic (exact) mass is 418 g/mol. The van der Waals surface area contributed by atoms with E-state index in [2.05, 4.69) is 27.5 Å². The molecule has 2 aliphatic rings. The molecule has 2 unspecified atom stereocenters. The normalized spacial score (nSPS) is 17.9. The molecular weight excluding hydrogens is 396 g/mol. The third-order valence-electron chi connectivity index (χ3n) is 6.21. The van der Waals surface area contributed by atoms with Crippen LogP contribution in [0.4, 0.5) is 4.79 Å². The summed E-state index contributed by atoms with van der Waals surface area (Å²) in [5.74, 6) is -0.687. The fourth-order valence-corrected chi connectivity index (χ4v) is 4.69. The molecule has 1 aliphatic carbocycles. The molecule has 31 heavy (non-hydrogen) atoms. The van der Waals surface area contributed by atoms with Crippen molar-refractivity contribution >= 4 is 12.1 Å². The van der Waals surface area contributed by atoms with Crippen LogP contribution in [-0.4, -0.2) is 44.6 Å². The molecule has 8 heteroatoms. The van der Waals surface area contributed by atoms with Crippen molar-refractivity contribution in [1.82, 2.24) is 20.1 Å². The molecule has 2 heterocycles. The number of carboxylic acid groups (broad SMARTS) is 1. The van der Waals surface area contributed by atoms with Crippen LogP contribution in [0.3, 0.4) is 0 Å². The molecule has 2 atom stereocenters. The summed E-state index contributed by atoms with van der Waals surface area (Å²) in [4.78, 5) is 28.6. The highest BCUT2D eigenvalue weighted by molar-refractivity contribution is 5.81. The quantitative estimate of drug-likeness (QED) is 0.660. The van der Waals surface area contributed by atoms with Crippen molar-refractivity contribution in [1.29, 1.82) is 0 Å². The zero-order chi connectivity index (χ0) is 21.4. The first-order valence-corrected chi connectivity index (χ1v) is 10.3. The van der Waals surface area contributed by atoms with E-state index in [0.717, 1.165) is 28.1 Å². The number of alkyl carbamates (subject to hydrolysis) is 1. The highest BCUT2D eigenvalue weighted by Crippen LogP contribution is 2.44. The van der Waals surface area contributed by atoms with E-state index in [9.17, 15) is 14.7 Å². The number of fused-ring (bicyclic) bond motifs is 4. The summed E-state index contributed by atoms with van der Waals surface area (Å²) in [6.45, 7) is 0.724. The Labute approximate surface area is 178 Å². The number of rotatable bonds is 5. The number of hydrogen-bond donors (Lipinski definition) is 2. The highest BCUT2D eigenvalue weighted by atomic mass is 16.5. The minimum Gasteiger partial charge on any atom is -0.480 e. The summed E-state index contributed by atoms with van der Waals surface area (Å²) in [5.41, 5.74) is 4.50. The van der Waals surface area contributed by atoms with Gasteiger partial charge >= 0.3 is 12.1 Å². The van der Waals surface area contributed by atoms with Crippen molar-refractivity contribution in [3.05, 3.63) is 71.8 Å². The predicted octanol–water partition coefficient (Wildman–Crippen LogP) is 2.83. The van der Waals surface area contributed by atoms with E-state index < -0.39 is 18.1 Å².